The number of hydrogen-bond donors (Lipinski definition) is 2. The number of rotatable bonds is 6. The predicted molar refractivity (Wildman–Crippen MR) is 102 cm³/mol. The fourth-order valence-corrected chi connectivity index (χ4v) is 4.57. The molecule has 9 heteroatoms. The summed E-state index contributed by atoms with van der Waals surface area (Å²) in [4.78, 5) is 10.6. The quantitative estimate of drug-likeness (QED) is 0.564. The van der Waals surface area contributed by atoms with Crippen LogP contribution >= 0.6 is 11.3 Å². The lowest BCUT2D eigenvalue weighted by atomic mass is 10.1. The van der Waals surface area contributed by atoms with Gasteiger partial charge in [-0.15, -0.1) is 11.3 Å². The predicted octanol–water partition coefficient (Wildman–Crippen LogP) is 3.48. The van der Waals surface area contributed by atoms with E-state index in [-0.39, 0.29) is 6.54 Å². The highest BCUT2D eigenvalue weighted by molar-refractivity contribution is 7.09. The molecule has 1 aromatic rings. The van der Waals surface area contributed by atoms with E-state index in [0.717, 1.165) is 42.1 Å². The van der Waals surface area contributed by atoms with Crippen molar-refractivity contribution in [2.24, 2.45) is 10.9 Å². The molecule has 2 N–H and O–H groups in total. The van der Waals surface area contributed by atoms with Crippen molar-refractivity contribution >= 4 is 17.3 Å². The van der Waals surface area contributed by atoms with E-state index in [1.165, 1.54) is 32.2 Å². The van der Waals surface area contributed by atoms with E-state index in [1.54, 1.807) is 0 Å². The third kappa shape index (κ3) is 6.07. The van der Waals surface area contributed by atoms with Gasteiger partial charge in [-0.1, -0.05) is 12.8 Å². The van der Waals surface area contributed by atoms with Gasteiger partial charge in [0.15, 0.2) is 11.7 Å². The maximum Gasteiger partial charge on any atom is 0.434 e. The molecule has 1 unspecified atom stereocenters. The molecule has 2 fully saturated rings. The number of likely N-dealkylation sites (tertiary alicyclic amines) is 1. The van der Waals surface area contributed by atoms with Gasteiger partial charge in [-0.2, -0.15) is 13.2 Å². The van der Waals surface area contributed by atoms with Gasteiger partial charge in [0.25, 0.3) is 0 Å². The Labute approximate surface area is 162 Å². The Hall–Kier alpha value is -1.35. The molecule has 27 heavy (non-hydrogen) atoms. The Morgan fingerprint density at radius 2 is 2.11 bits per heavy atom. The molecule has 2 aliphatic rings. The van der Waals surface area contributed by atoms with Crippen LogP contribution in [0.3, 0.4) is 0 Å². The summed E-state index contributed by atoms with van der Waals surface area (Å²) in [6.07, 6.45) is 2.10. The zero-order chi connectivity index (χ0) is 19.3. The molecule has 152 valence electrons. The summed E-state index contributed by atoms with van der Waals surface area (Å²) in [6, 6.07) is 0.325. The number of nitrogens with zero attached hydrogens (tertiary/aromatic N) is 3. The van der Waals surface area contributed by atoms with E-state index >= 15 is 0 Å². The highest BCUT2D eigenvalue weighted by atomic mass is 32.1. The van der Waals surface area contributed by atoms with Crippen molar-refractivity contribution in [1.82, 2.24) is 20.5 Å². The lowest BCUT2D eigenvalue weighted by Gasteiger charge is -2.21. The Morgan fingerprint density at radius 3 is 2.78 bits per heavy atom. The lowest BCUT2D eigenvalue weighted by molar-refractivity contribution is -0.140. The van der Waals surface area contributed by atoms with Crippen molar-refractivity contribution in [1.29, 1.82) is 0 Å². The van der Waals surface area contributed by atoms with Crippen molar-refractivity contribution < 1.29 is 13.2 Å². The van der Waals surface area contributed by atoms with Crippen molar-refractivity contribution in [3.8, 4) is 0 Å². The second-order valence-corrected chi connectivity index (χ2v) is 8.30. The Morgan fingerprint density at radius 1 is 1.33 bits per heavy atom. The first-order chi connectivity index (χ1) is 12.9. The molecule has 1 aromatic heterocycles. The van der Waals surface area contributed by atoms with Crippen molar-refractivity contribution in [2.45, 2.75) is 57.8 Å². The molecule has 0 amide bonds. The highest BCUT2D eigenvalue weighted by Crippen LogP contribution is 2.30. The van der Waals surface area contributed by atoms with Gasteiger partial charge in [-0.25, -0.2) is 9.98 Å². The molecule has 0 spiro atoms. The average Bonchev–Trinajstić information content (AvgIpc) is 3.34. The number of aliphatic imine (C=N–C) groups is 1. The zero-order valence-corrected chi connectivity index (χ0v) is 16.5. The number of thiazole rings is 1. The standard InChI is InChI=1S/C18H28F3N5S/c1-2-22-17(23-9-16-25-15(12-27-16)18(19,20)21)24-14-7-8-26(11-14)10-13-5-3-4-6-13/h12-14H,2-11H2,1H3,(H2,22,23,24). The molecule has 1 saturated heterocycles. The van der Waals surface area contributed by atoms with Crippen LogP contribution in [0.2, 0.25) is 0 Å². The summed E-state index contributed by atoms with van der Waals surface area (Å²) in [5, 5.41) is 8.02. The number of guanidine groups is 1. The smallest absolute Gasteiger partial charge is 0.357 e. The van der Waals surface area contributed by atoms with Gasteiger partial charge in [-0.3, -0.25) is 0 Å². The maximum absolute atomic E-state index is 12.7. The SMILES string of the molecule is CCNC(=NCc1nc(C(F)(F)F)cs1)NC1CCN(CC2CCCC2)C1. The fraction of sp³-hybridized carbons (Fsp3) is 0.778. The maximum atomic E-state index is 12.7. The first kappa shape index (κ1) is 20.4. The summed E-state index contributed by atoms with van der Waals surface area (Å²) < 4.78 is 38.0. The molecule has 1 atom stereocenters. The van der Waals surface area contributed by atoms with Gasteiger partial charge in [0, 0.05) is 37.6 Å². The molecule has 0 bridgehead atoms. The first-order valence-electron chi connectivity index (χ1n) is 9.73. The van der Waals surface area contributed by atoms with Crippen LogP contribution in [0.1, 0.15) is 49.7 Å². The van der Waals surface area contributed by atoms with Crippen LogP contribution in [-0.4, -0.2) is 48.1 Å². The number of hydrogen-bond acceptors (Lipinski definition) is 4. The summed E-state index contributed by atoms with van der Waals surface area (Å²) in [5.74, 6) is 1.49. The topological polar surface area (TPSA) is 52.6 Å². The van der Waals surface area contributed by atoms with E-state index in [2.05, 4.69) is 25.5 Å². The largest absolute Gasteiger partial charge is 0.434 e. The molecule has 1 aliphatic heterocycles. The summed E-state index contributed by atoms with van der Waals surface area (Å²) in [7, 11) is 0. The minimum atomic E-state index is -4.40. The van der Waals surface area contributed by atoms with Crippen LogP contribution in [0, 0.1) is 5.92 Å². The van der Waals surface area contributed by atoms with Gasteiger partial charge < -0.3 is 15.5 Å². The van der Waals surface area contributed by atoms with Crippen LogP contribution in [-0.2, 0) is 12.7 Å². The Balaban J connectivity index is 1.51. The summed E-state index contributed by atoms with van der Waals surface area (Å²) in [6.45, 7) is 6.10. The summed E-state index contributed by atoms with van der Waals surface area (Å²) in [5.41, 5.74) is -0.839. The third-order valence-electron chi connectivity index (χ3n) is 5.16. The second kappa shape index (κ2) is 9.23. The van der Waals surface area contributed by atoms with Gasteiger partial charge in [0.1, 0.15) is 5.01 Å². The molecular formula is C18H28F3N5S. The van der Waals surface area contributed by atoms with Crippen LogP contribution < -0.4 is 10.6 Å². The first-order valence-corrected chi connectivity index (χ1v) is 10.6. The van der Waals surface area contributed by atoms with Gasteiger partial charge >= 0.3 is 6.18 Å². The fourth-order valence-electron chi connectivity index (χ4n) is 3.85. The van der Waals surface area contributed by atoms with Gasteiger partial charge in [0.05, 0.1) is 6.54 Å². The van der Waals surface area contributed by atoms with E-state index in [1.807, 2.05) is 6.92 Å². The van der Waals surface area contributed by atoms with Crippen molar-refractivity contribution in [3.05, 3.63) is 16.1 Å². The second-order valence-electron chi connectivity index (χ2n) is 7.36. The molecule has 3 rings (SSSR count). The van der Waals surface area contributed by atoms with E-state index in [0.29, 0.717) is 23.6 Å². The van der Waals surface area contributed by atoms with E-state index in [4.69, 9.17) is 0 Å². The summed E-state index contributed by atoms with van der Waals surface area (Å²) >= 11 is 0.995. The molecule has 5 nitrogen and oxygen atoms in total. The molecule has 0 radical (unpaired) electrons. The van der Waals surface area contributed by atoms with E-state index < -0.39 is 11.9 Å². The Bertz CT molecular complexity index is 625. The molecule has 1 aliphatic carbocycles. The van der Waals surface area contributed by atoms with Crippen molar-refractivity contribution in [2.75, 3.05) is 26.2 Å². The number of aromatic nitrogens is 1. The van der Waals surface area contributed by atoms with Crippen LogP contribution in [0.15, 0.2) is 10.4 Å². The zero-order valence-electron chi connectivity index (χ0n) is 15.7. The minimum absolute atomic E-state index is 0.147. The van der Waals surface area contributed by atoms with E-state index in [9.17, 15) is 13.2 Å². The van der Waals surface area contributed by atoms with Crippen LogP contribution in [0.25, 0.3) is 0 Å². The lowest BCUT2D eigenvalue weighted by Crippen LogP contribution is -2.44. The highest BCUT2D eigenvalue weighted by Gasteiger charge is 2.33. The molecular weight excluding hydrogens is 375 g/mol. The molecule has 0 aromatic carbocycles. The molecule has 2 heterocycles. The van der Waals surface area contributed by atoms with Crippen molar-refractivity contribution in [3.63, 3.8) is 0 Å². The minimum Gasteiger partial charge on any atom is -0.357 e. The molecule has 1 saturated carbocycles. The monoisotopic (exact) mass is 403 g/mol. The Kier molecular flexibility index (Phi) is 6.97. The number of halogens is 3. The van der Waals surface area contributed by atoms with Crippen LogP contribution in [0.4, 0.5) is 13.2 Å². The normalized spacial score (nSPS) is 22.5. The van der Waals surface area contributed by atoms with Gasteiger partial charge in [-0.05, 0) is 32.1 Å². The number of alkyl halides is 3. The van der Waals surface area contributed by atoms with Crippen LogP contribution in [0.5, 0.6) is 0 Å². The average molecular weight is 404 g/mol. The van der Waals surface area contributed by atoms with Gasteiger partial charge in [0.2, 0.25) is 0 Å². The third-order valence-corrected chi connectivity index (χ3v) is 6.00. The number of nitrogens with one attached hydrogen (secondary N) is 2.